The number of rotatable bonds is 4. The quantitative estimate of drug-likeness (QED) is 0.374. The van der Waals surface area contributed by atoms with E-state index in [9.17, 15) is 4.79 Å². The first kappa shape index (κ1) is 22.1. The van der Waals surface area contributed by atoms with Crippen molar-refractivity contribution in [3.63, 3.8) is 0 Å². The second-order valence-corrected chi connectivity index (χ2v) is 9.54. The summed E-state index contributed by atoms with van der Waals surface area (Å²) in [6.45, 7) is 1.74. The third kappa shape index (κ3) is 3.28. The summed E-state index contributed by atoms with van der Waals surface area (Å²) in [5, 5.41) is 5.49. The summed E-state index contributed by atoms with van der Waals surface area (Å²) in [4.78, 5) is 22.4. The average molecular weight is 499 g/mol. The number of hydrogen-bond donors (Lipinski definition) is 0. The van der Waals surface area contributed by atoms with Gasteiger partial charge in [-0.2, -0.15) is 5.10 Å². The van der Waals surface area contributed by atoms with Crippen LogP contribution in [0.5, 0.6) is 11.5 Å². The maximum Gasteiger partial charge on any atom is 0.329 e. The molecule has 10 heteroatoms. The topological polar surface area (TPSA) is 98.2 Å². The molecule has 0 bridgehead atoms. The van der Waals surface area contributed by atoms with E-state index in [2.05, 4.69) is 11.2 Å². The van der Waals surface area contributed by atoms with Crippen molar-refractivity contribution >= 4 is 21.9 Å². The minimum absolute atomic E-state index is 0.118. The summed E-state index contributed by atoms with van der Waals surface area (Å²) < 4.78 is 23.5. The zero-order valence-electron chi connectivity index (χ0n) is 20.6. The number of imidazole rings is 1. The molecule has 0 saturated carbocycles. The fourth-order valence-corrected chi connectivity index (χ4v) is 5.67. The Balaban J connectivity index is 1.50. The lowest BCUT2D eigenvalue weighted by Crippen LogP contribution is -2.29. The molecule has 0 N–H and O–H groups in total. The molecule has 1 fully saturated rings. The van der Waals surface area contributed by atoms with Gasteiger partial charge in [0.2, 0.25) is 0 Å². The number of hydrogen-bond acceptors (Lipinski definition) is 7. The van der Waals surface area contributed by atoms with Gasteiger partial charge in [0, 0.05) is 50.5 Å². The first-order valence-corrected chi connectivity index (χ1v) is 12.4. The summed E-state index contributed by atoms with van der Waals surface area (Å²) >= 11 is 0. The van der Waals surface area contributed by atoms with Crippen molar-refractivity contribution in [3.8, 4) is 22.6 Å². The molecule has 0 aliphatic carbocycles. The van der Waals surface area contributed by atoms with Gasteiger partial charge >= 0.3 is 5.69 Å². The number of nitrogens with zero attached hydrogens (tertiary/aromatic N) is 6. The van der Waals surface area contributed by atoms with Crippen molar-refractivity contribution in [2.45, 2.75) is 24.9 Å². The third-order valence-corrected chi connectivity index (χ3v) is 7.59. The lowest BCUT2D eigenvalue weighted by atomic mass is 10.0. The Labute approximate surface area is 212 Å². The standard InChI is InChI=1S/C27H26N6O4/c1-31-20-13-29-19-11-22(35-2)23(17-12-30-32(14-17)18-5-9-36-10-6-18)26-24(19)25(20)33(27(31)34)21(15-37-26)16-3-7-28-8-4-16/h3-4,7-8,11-14,18,21H,5-6,9-10,15H2,1-2H3. The summed E-state index contributed by atoms with van der Waals surface area (Å²) in [6.07, 6.45) is 11.0. The molecule has 2 aliphatic rings. The molecule has 1 aromatic carbocycles. The van der Waals surface area contributed by atoms with Crippen LogP contribution in [0.25, 0.3) is 33.1 Å². The van der Waals surface area contributed by atoms with Gasteiger partial charge in [-0.15, -0.1) is 0 Å². The van der Waals surface area contributed by atoms with Crippen LogP contribution in [0.1, 0.15) is 30.5 Å². The summed E-state index contributed by atoms with van der Waals surface area (Å²) in [6, 6.07) is 5.72. The molecule has 1 saturated heterocycles. The maximum absolute atomic E-state index is 13.6. The minimum atomic E-state index is -0.332. The number of pyridine rings is 2. The van der Waals surface area contributed by atoms with Gasteiger partial charge in [0.25, 0.3) is 0 Å². The van der Waals surface area contributed by atoms with E-state index >= 15 is 0 Å². The zero-order valence-corrected chi connectivity index (χ0v) is 20.6. The van der Waals surface area contributed by atoms with E-state index in [1.807, 2.05) is 33.6 Å². The Kier molecular flexibility index (Phi) is 5.03. The molecule has 10 nitrogen and oxygen atoms in total. The highest BCUT2D eigenvalue weighted by molar-refractivity contribution is 6.10. The Morgan fingerprint density at radius 2 is 1.95 bits per heavy atom. The van der Waals surface area contributed by atoms with Gasteiger partial charge in [-0.1, -0.05) is 0 Å². The highest BCUT2D eigenvalue weighted by atomic mass is 16.5. The van der Waals surface area contributed by atoms with Crippen LogP contribution in [-0.2, 0) is 11.8 Å². The van der Waals surface area contributed by atoms with Gasteiger partial charge < -0.3 is 14.2 Å². The van der Waals surface area contributed by atoms with Gasteiger partial charge in [-0.3, -0.25) is 23.8 Å². The number of benzene rings is 1. The molecule has 188 valence electrons. The van der Waals surface area contributed by atoms with Crippen molar-refractivity contribution in [1.82, 2.24) is 28.9 Å². The second-order valence-electron chi connectivity index (χ2n) is 9.54. The van der Waals surface area contributed by atoms with Gasteiger partial charge in [0.05, 0.1) is 59.1 Å². The van der Waals surface area contributed by atoms with Gasteiger partial charge in [-0.25, -0.2) is 4.79 Å². The zero-order chi connectivity index (χ0) is 25.1. The summed E-state index contributed by atoms with van der Waals surface area (Å²) in [5.41, 5.74) is 4.78. The Hall–Kier alpha value is -4.18. The number of ether oxygens (including phenoxy) is 3. The molecule has 37 heavy (non-hydrogen) atoms. The predicted octanol–water partition coefficient (Wildman–Crippen LogP) is 3.49. The lowest BCUT2D eigenvalue weighted by Gasteiger charge is -2.22. The highest BCUT2D eigenvalue weighted by Crippen LogP contribution is 2.47. The molecule has 1 atom stereocenters. The van der Waals surface area contributed by atoms with Gasteiger partial charge in [0.15, 0.2) is 0 Å². The Bertz CT molecular complexity index is 1700. The van der Waals surface area contributed by atoms with Crippen molar-refractivity contribution in [3.05, 3.63) is 65.2 Å². The molecule has 4 aromatic heterocycles. The molecule has 2 aliphatic heterocycles. The second kappa shape index (κ2) is 8.45. The molecular weight excluding hydrogens is 472 g/mol. The lowest BCUT2D eigenvalue weighted by molar-refractivity contribution is 0.0662. The van der Waals surface area contributed by atoms with Gasteiger partial charge in [-0.05, 0) is 30.5 Å². The van der Waals surface area contributed by atoms with Crippen LogP contribution >= 0.6 is 0 Å². The molecule has 0 amide bonds. The average Bonchev–Trinajstić information content (AvgIpc) is 3.47. The van der Waals surface area contributed by atoms with E-state index in [4.69, 9.17) is 24.3 Å². The van der Waals surface area contributed by atoms with Crippen LogP contribution in [-0.4, -0.2) is 55.8 Å². The van der Waals surface area contributed by atoms with Crippen LogP contribution in [0, 0.1) is 0 Å². The number of aromatic nitrogens is 6. The first-order valence-electron chi connectivity index (χ1n) is 12.4. The van der Waals surface area contributed by atoms with E-state index in [-0.39, 0.29) is 24.4 Å². The number of methoxy groups -OCH3 is 1. The molecule has 6 heterocycles. The van der Waals surface area contributed by atoms with Crippen molar-refractivity contribution in [2.75, 3.05) is 26.9 Å². The Morgan fingerprint density at radius 1 is 1.14 bits per heavy atom. The smallest absolute Gasteiger partial charge is 0.329 e. The number of aryl methyl sites for hydroxylation is 1. The first-order chi connectivity index (χ1) is 18.2. The van der Waals surface area contributed by atoms with Crippen molar-refractivity contribution < 1.29 is 14.2 Å². The van der Waals surface area contributed by atoms with E-state index in [0.717, 1.165) is 59.2 Å². The fraction of sp³-hybridized carbons (Fsp3) is 0.333. The Morgan fingerprint density at radius 3 is 2.73 bits per heavy atom. The van der Waals surface area contributed by atoms with E-state index in [0.29, 0.717) is 17.0 Å². The van der Waals surface area contributed by atoms with Crippen LogP contribution in [0.15, 0.2) is 54.0 Å². The van der Waals surface area contributed by atoms with Crippen molar-refractivity contribution in [1.29, 1.82) is 0 Å². The fourth-order valence-electron chi connectivity index (χ4n) is 5.67. The molecule has 5 aromatic rings. The highest BCUT2D eigenvalue weighted by Gasteiger charge is 2.31. The van der Waals surface area contributed by atoms with Crippen molar-refractivity contribution in [2.24, 2.45) is 7.05 Å². The summed E-state index contributed by atoms with van der Waals surface area (Å²) in [7, 11) is 3.43. The molecule has 7 rings (SSSR count). The molecule has 0 spiro atoms. The SMILES string of the molecule is COc1cc2ncc3c4c2c(c1-c1cnn(C2CCOCC2)c1)OCC(c1ccncc1)n4c(=O)n3C. The third-order valence-electron chi connectivity index (χ3n) is 7.59. The maximum atomic E-state index is 13.6. The monoisotopic (exact) mass is 498 g/mol. The normalized spacial score (nSPS) is 17.8. The van der Waals surface area contributed by atoms with E-state index < -0.39 is 0 Å². The minimum Gasteiger partial charge on any atom is -0.496 e. The van der Waals surface area contributed by atoms with E-state index in [1.54, 1.807) is 37.3 Å². The predicted molar refractivity (Wildman–Crippen MR) is 137 cm³/mol. The van der Waals surface area contributed by atoms with Crippen LogP contribution < -0.4 is 15.2 Å². The van der Waals surface area contributed by atoms with Crippen LogP contribution in [0.2, 0.25) is 0 Å². The van der Waals surface area contributed by atoms with Crippen LogP contribution in [0.3, 0.4) is 0 Å². The van der Waals surface area contributed by atoms with Crippen LogP contribution in [0.4, 0.5) is 0 Å². The molecule has 0 radical (unpaired) electrons. The summed E-state index contributed by atoms with van der Waals surface area (Å²) in [5.74, 6) is 1.29. The molecule has 1 unspecified atom stereocenters. The van der Waals surface area contributed by atoms with Gasteiger partial charge in [0.1, 0.15) is 18.1 Å². The van der Waals surface area contributed by atoms with E-state index in [1.165, 1.54) is 0 Å². The largest absolute Gasteiger partial charge is 0.496 e. The molecular formula is C27H26N6O4.